The van der Waals surface area contributed by atoms with Crippen molar-refractivity contribution in [2.75, 3.05) is 13.1 Å². The molecule has 1 saturated heterocycles. The average molecular weight is 446 g/mol. The highest BCUT2D eigenvalue weighted by atomic mass is 32.1. The zero-order chi connectivity index (χ0) is 21.8. The summed E-state index contributed by atoms with van der Waals surface area (Å²) in [5, 5.41) is 8.09. The highest BCUT2D eigenvalue weighted by Crippen LogP contribution is 2.25. The SMILES string of the molecule is O=C(c1ccc(Oc2ccccc2)cc1)N1CCCC(Cc2nc(-c3ccsc3)no2)C1. The maximum atomic E-state index is 13.1. The molecular weight excluding hydrogens is 422 g/mol. The van der Waals surface area contributed by atoms with E-state index in [1.165, 1.54) is 0 Å². The molecule has 32 heavy (non-hydrogen) atoms. The minimum absolute atomic E-state index is 0.0467. The number of aromatic nitrogens is 2. The molecule has 1 atom stereocenters. The summed E-state index contributed by atoms with van der Waals surface area (Å²) in [7, 11) is 0. The summed E-state index contributed by atoms with van der Waals surface area (Å²) in [6.45, 7) is 1.46. The average Bonchev–Trinajstić information content (AvgIpc) is 3.52. The van der Waals surface area contributed by atoms with Gasteiger partial charge in [0.05, 0.1) is 0 Å². The summed E-state index contributed by atoms with van der Waals surface area (Å²) >= 11 is 1.61. The fraction of sp³-hybridized carbons (Fsp3) is 0.240. The predicted octanol–water partition coefficient (Wildman–Crippen LogP) is 5.69. The minimum atomic E-state index is 0.0467. The van der Waals surface area contributed by atoms with Crippen molar-refractivity contribution in [2.24, 2.45) is 5.92 Å². The van der Waals surface area contributed by atoms with Gasteiger partial charge in [0, 0.05) is 36.0 Å². The number of hydrogen-bond acceptors (Lipinski definition) is 6. The van der Waals surface area contributed by atoms with Gasteiger partial charge in [0.2, 0.25) is 11.7 Å². The molecule has 2 aromatic heterocycles. The van der Waals surface area contributed by atoms with Gasteiger partial charge in [-0.25, -0.2) is 0 Å². The summed E-state index contributed by atoms with van der Waals surface area (Å²) in [6, 6.07) is 18.9. The predicted molar refractivity (Wildman–Crippen MR) is 123 cm³/mol. The van der Waals surface area contributed by atoms with Crippen molar-refractivity contribution in [2.45, 2.75) is 19.3 Å². The second-order valence-corrected chi connectivity index (χ2v) is 8.71. The van der Waals surface area contributed by atoms with Gasteiger partial charge < -0.3 is 14.2 Å². The smallest absolute Gasteiger partial charge is 0.253 e. The van der Waals surface area contributed by atoms with Crippen LogP contribution in [0, 0.1) is 5.92 Å². The number of carbonyl (C=O) groups excluding carboxylic acids is 1. The largest absolute Gasteiger partial charge is 0.457 e. The van der Waals surface area contributed by atoms with E-state index >= 15 is 0 Å². The van der Waals surface area contributed by atoms with E-state index in [4.69, 9.17) is 9.26 Å². The molecule has 1 amide bonds. The summed E-state index contributed by atoms with van der Waals surface area (Å²) in [4.78, 5) is 19.5. The van der Waals surface area contributed by atoms with E-state index in [-0.39, 0.29) is 5.91 Å². The number of benzene rings is 2. The standard InChI is InChI=1S/C25H23N3O3S/c29-25(19-8-10-22(11-9-19)30-21-6-2-1-3-7-21)28-13-4-5-18(16-28)15-23-26-24(27-31-23)20-12-14-32-17-20/h1-3,6-12,14,17-18H,4-5,13,15-16H2. The monoisotopic (exact) mass is 445 g/mol. The van der Waals surface area contributed by atoms with Gasteiger partial charge in [-0.3, -0.25) is 4.79 Å². The van der Waals surface area contributed by atoms with Gasteiger partial charge in [-0.2, -0.15) is 16.3 Å². The van der Waals surface area contributed by atoms with E-state index in [1.807, 2.05) is 76.3 Å². The van der Waals surface area contributed by atoms with Gasteiger partial charge >= 0.3 is 0 Å². The first kappa shape index (κ1) is 20.5. The lowest BCUT2D eigenvalue weighted by molar-refractivity contribution is 0.0668. The van der Waals surface area contributed by atoms with Crippen LogP contribution in [-0.2, 0) is 6.42 Å². The number of amides is 1. The summed E-state index contributed by atoms with van der Waals surface area (Å²) < 4.78 is 11.3. The van der Waals surface area contributed by atoms with Crippen molar-refractivity contribution in [3.8, 4) is 22.9 Å². The van der Waals surface area contributed by atoms with Crippen LogP contribution in [0.3, 0.4) is 0 Å². The van der Waals surface area contributed by atoms with Crippen LogP contribution in [0.15, 0.2) is 75.9 Å². The molecule has 0 spiro atoms. The summed E-state index contributed by atoms with van der Waals surface area (Å²) in [6.07, 6.45) is 2.70. The van der Waals surface area contributed by atoms with Crippen LogP contribution < -0.4 is 4.74 Å². The van der Waals surface area contributed by atoms with Crippen LogP contribution in [-0.4, -0.2) is 34.0 Å². The number of para-hydroxylation sites is 1. The molecule has 7 heteroatoms. The molecule has 1 aliphatic rings. The van der Waals surface area contributed by atoms with Crippen LogP contribution >= 0.6 is 11.3 Å². The van der Waals surface area contributed by atoms with E-state index in [0.29, 0.717) is 41.9 Å². The van der Waals surface area contributed by atoms with Crippen molar-refractivity contribution >= 4 is 17.2 Å². The highest BCUT2D eigenvalue weighted by Gasteiger charge is 2.26. The number of rotatable bonds is 6. The lowest BCUT2D eigenvalue weighted by atomic mass is 9.94. The first-order valence-corrected chi connectivity index (χ1v) is 11.7. The molecule has 0 bridgehead atoms. The maximum absolute atomic E-state index is 13.1. The summed E-state index contributed by atoms with van der Waals surface area (Å²) in [5.74, 6) is 3.10. The quantitative estimate of drug-likeness (QED) is 0.382. The molecule has 0 radical (unpaired) electrons. The minimum Gasteiger partial charge on any atom is -0.457 e. The van der Waals surface area contributed by atoms with Crippen LogP contribution in [0.1, 0.15) is 29.1 Å². The van der Waals surface area contributed by atoms with Gasteiger partial charge in [-0.1, -0.05) is 23.4 Å². The molecule has 6 nitrogen and oxygen atoms in total. The molecule has 4 aromatic rings. The highest BCUT2D eigenvalue weighted by molar-refractivity contribution is 7.08. The van der Waals surface area contributed by atoms with Crippen molar-refractivity contribution < 1.29 is 14.1 Å². The Morgan fingerprint density at radius 1 is 1.09 bits per heavy atom. The van der Waals surface area contributed by atoms with E-state index < -0.39 is 0 Å². The van der Waals surface area contributed by atoms with Crippen molar-refractivity contribution in [3.63, 3.8) is 0 Å². The van der Waals surface area contributed by atoms with Crippen LogP contribution in [0.4, 0.5) is 0 Å². The van der Waals surface area contributed by atoms with E-state index in [1.54, 1.807) is 11.3 Å². The van der Waals surface area contributed by atoms with Gasteiger partial charge in [0.15, 0.2) is 0 Å². The van der Waals surface area contributed by atoms with Crippen LogP contribution in [0.25, 0.3) is 11.4 Å². The fourth-order valence-corrected chi connectivity index (χ4v) is 4.62. The Morgan fingerprint density at radius 2 is 1.91 bits per heavy atom. The van der Waals surface area contributed by atoms with Gasteiger partial charge in [0.1, 0.15) is 11.5 Å². The fourth-order valence-electron chi connectivity index (χ4n) is 3.98. The Kier molecular flexibility index (Phi) is 5.98. The lowest BCUT2D eigenvalue weighted by Gasteiger charge is -2.32. The first-order valence-electron chi connectivity index (χ1n) is 10.7. The second kappa shape index (κ2) is 9.36. The van der Waals surface area contributed by atoms with Crippen LogP contribution in [0.2, 0.25) is 0 Å². The molecule has 1 unspecified atom stereocenters. The Labute approximate surface area is 190 Å². The zero-order valence-corrected chi connectivity index (χ0v) is 18.3. The Balaban J connectivity index is 1.20. The third kappa shape index (κ3) is 4.73. The number of thiophene rings is 1. The number of nitrogens with zero attached hydrogens (tertiary/aromatic N) is 3. The third-order valence-corrected chi connectivity index (χ3v) is 6.28. The lowest BCUT2D eigenvalue weighted by Crippen LogP contribution is -2.40. The van der Waals surface area contributed by atoms with Crippen LogP contribution in [0.5, 0.6) is 11.5 Å². The molecule has 162 valence electrons. The van der Waals surface area contributed by atoms with Crippen molar-refractivity contribution in [1.29, 1.82) is 0 Å². The molecule has 3 heterocycles. The Morgan fingerprint density at radius 3 is 2.69 bits per heavy atom. The molecule has 0 N–H and O–H groups in total. The van der Waals surface area contributed by atoms with E-state index in [0.717, 1.165) is 30.7 Å². The molecule has 1 fully saturated rings. The molecule has 0 aliphatic carbocycles. The topological polar surface area (TPSA) is 68.5 Å². The number of hydrogen-bond donors (Lipinski definition) is 0. The van der Waals surface area contributed by atoms with E-state index in [2.05, 4.69) is 10.1 Å². The molecule has 5 rings (SSSR count). The maximum Gasteiger partial charge on any atom is 0.253 e. The first-order chi connectivity index (χ1) is 15.7. The van der Waals surface area contributed by atoms with Gasteiger partial charge in [-0.05, 0) is 66.6 Å². The normalized spacial score (nSPS) is 16.1. The number of piperidine rings is 1. The molecule has 2 aromatic carbocycles. The van der Waals surface area contributed by atoms with Gasteiger partial charge in [-0.15, -0.1) is 0 Å². The molecular formula is C25H23N3O3S. The number of carbonyl (C=O) groups is 1. The second-order valence-electron chi connectivity index (χ2n) is 7.93. The molecule has 0 saturated carbocycles. The number of likely N-dealkylation sites (tertiary alicyclic amines) is 1. The van der Waals surface area contributed by atoms with E-state index in [9.17, 15) is 4.79 Å². The number of ether oxygens (including phenoxy) is 1. The van der Waals surface area contributed by atoms with Crippen molar-refractivity contribution in [1.82, 2.24) is 15.0 Å². The summed E-state index contributed by atoms with van der Waals surface area (Å²) in [5.41, 5.74) is 1.65. The van der Waals surface area contributed by atoms with Crippen molar-refractivity contribution in [3.05, 3.63) is 82.9 Å². The third-order valence-electron chi connectivity index (χ3n) is 5.60. The molecule has 1 aliphatic heterocycles. The zero-order valence-electron chi connectivity index (χ0n) is 17.5. The van der Waals surface area contributed by atoms with Gasteiger partial charge in [0.25, 0.3) is 5.91 Å². The Hall–Kier alpha value is -3.45. The Bertz CT molecular complexity index is 1160.